The Bertz CT molecular complexity index is 1310. The first kappa shape index (κ1) is 16.4. The van der Waals surface area contributed by atoms with Crippen LogP contribution in [-0.4, -0.2) is 19.7 Å². The van der Waals surface area contributed by atoms with E-state index in [9.17, 15) is 0 Å². The summed E-state index contributed by atoms with van der Waals surface area (Å²) in [5, 5.41) is 11.3. The van der Waals surface area contributed by atoms with Gasteiger partial charge in [-0.25, -0.2) is 14.6 Å². The Kier molecular flexibility index (Phi) is 3.79. The number of aryl methyl sites for hydroxylation is 2. The Labute approximate surface area is 162 Å². The van der Waals surface area contributed by atoms with Crippen LogP contribution in [0.25, 0.3) is 27.5 Å². The van der Waals surface area contributed by atoms with Gasteiger partial charge in [0.1, 0.15) is 12.1 Å². The maximum Gasteiger partial charge on any atom is 0.168 e. The van der Waals surface area contributed by atoms with E-state index < -0.39 is 0 Å². The van der Waals surface area contributed by atoms with Crippen LogP contribution in [-0.2, 0) is 0 Å². The van der Waals surface area contributed by atoms with Crippen LogP contribution in [0.4, 0.5) is 11.5 Å². The molecule has 5 heteroatoms. The van der Waals surface area contributed by atoms with Gasteiger partial charge in [0.25, 0.3) is 0 Å². The maximum absolute atomic E-state index is 4.59. The van der Waals surface area contributed by atoms with Gasteiger partial charge in [-0.15, -0.1) is 0 Å². The second-order valence-electron chi connectivity index (χ2n) is 6.96. The first-order valence-corrected chi connectivity index (χ1v) is 9.22. The van der Waals surface area contributed by atoms with E-state index in [-0.39, 0.29) is 0 Å². The highest BCUT2D eigenvalue weighted by Crippen LogP contribution is 2.29. The van der Waals surface area contributed by atoms with Gasteiger partial charge in [-0.3, -0.25) is 0 Å². The van der Waals surface area contributed by atoms with E-state index in [4.69, 9.17) is 0 Å². The molecule has 0 aliphatic heterocycles. The number of hydrogen-bond donors (Lipinski definition) is 1. The van der Waals surface area contributed by atoms with Gasteiger partial charge in [-0.05, 0) is 36.9 Å². The summed E-state index contributed by atoms with van der Waals surface area (Å²) in [6, 6.07) is 20.8. The quantitative estimate of drug-likeness (QED) is 0.469. The summed E-state index contributed by atoms with van der Waals surface area (Å²) in [6.07, 6.45) is 3.40. The third-order valence-electron chi connectivity index (χ3n) is 4.99. The number of benzene rings is 3. The smallest absolute Gasteiger partial charge is 0.168 e. The fraction of sp³-hybridized carbons (Fsp3) is 0.0870. The average molecular weight is 365 g/mol. The van der Waals surface area contributed by atoms with E-state index in [1.54, 1.807) is 6.33 Å². The normalized spacial score (nSPS) is 11.2. The van der Waals surface area contributed by atoms with Gasteiger partial charge < -0.3 is 5.32 Å². The number of fused-ring (bicyclic) bond motifs is 2. The molecule has 0 saturated carbocycles. The van der Waals surface area contributed by atoms with Gasteiger partial charge in [-0.1, -0.05) is 54.1 Å². The molecule has 0 fully saturated rings. The fourth-order valence-electron chi connectivity index (χ4n) is 3.62. The molecule has 5 rings (SSSR count). The highest BCUT2D eigenvalue weighted by molar-refractivity contribution is 5.98. The lowest BCUT2D eigenvalue weighted by Crippen LogP contribution is -2.01. The lowest BCUT2D eigenvalue weighted by Gasteiger charge is -2.10. The summed E-state index contributed by atoms with van der Waals surface area (Å²) < 4.78 is 1.88. The van der Waals surface area contributed by atoms with Crippen molar-refractivity contribution in [3.63, 3.8) is 0 Å². The number of rotatable bonds is 3. The van der Waals surface area contributed by atoms with Crippen LogP contribution in [0.2, 0.25) is 0 Å². The fourth-order valence-corrected chi connectivity index (χ4v) is 3.62. The third kappa shape index (κ3) is 2.68. The second-order valence-corrected chi connectivity index (χ2v) is 6.96. The van der Waals surface area contributed by atoms with Crippen molar-refractivity contribution in [3.05, 3.63) is 84.3 Å². The Hall–Kier alpha value is -3.73. The number of aromatic nitrogens is 4. The highest BCUT2D eigenvalue weighted by atomic mass is 15.3. The summed E-state index contributed by atoms with van der Waals surface area (Å²) in [6.45, 7) is 4.18. The lowest BCUT2D eigenvalue weighted by atomic mass is 10.1. The van der Waals surface area contributed by atoms with Crippen LogP contribution < -0.4 is 5.32 Å². The van der Waals surface area contributed by atoms with Gasteiger partial charge >= 0.3 is 0 Å². The monoisotopic (exact) mass is 365 g/mol. The SMILES string of the molecule is Cc1ccc(-n2ncc3c(Nc4cccc5ccccc45)ncnc32)c(C)c1. The zero-order valence-electron chi connectivity index (χ0n) is 15.7. The van der Waals surface area contributed by atoms with Crippen molar-refractivity contribution in [1.82, 2.24) is 19.7 Å². The van der Waals surface area contributed by atoms with Crippen LogP contribution in [0, 0.1) is 13.8 Å². The number of anilines is 2. The first-order chi connectivity index (χ1) is 13.7. The Balaban J connectivity index is 1.63. The molecule has 2 aromatic heterocycles. The predicted molar refractivity (Wildman–Crippen MR) is 113 cm³/mol. The number of hydrogen-bond acceptors (Lipinski definition) is 4. The number of nitrogens with zero attached hydrogens (tertiary/aromatic N) is 4. The molecule has 0 radical (unpaired) electrons. The first-order valence-electron chi connectivity index (χ1n) is 9.22. The van der Waals surface area contributed by atoms with Crippen molar-refractivity contribution < 1.29 is 0 Å². The van der Waals surface area contributed by atoms with E-state index in [2.05, 4.69) is 76.7 Å². The minimum absolute atomic E-state index is 0.748. The molecule has 5 nitrogen and oxygen atoms in total. The molecule has 1 N–H and O–H groups in total. The van der Waals surface area contributed by atoms with Crippen LogP contribution in [0.1, 0.15) is 11.1 Å². The minimum atomic E-state index is 0.748. The average Bonchev–Trinajstić information content (AvgIpc) is 3.13. The molecule has 136 valence electrons. The van der Waals surface area contributed by atoms with Crippen molar-refractivity contribution in [2.45, 2.75) is 13.8 Å². The molecule has 0 atom stereocenters. The Morgan fingerprint density at radius 2 is 1.71 bits per heavy atom. The van der Waals surface area contributed by atoms with E-state index in [0.717, 1.165) is 39.2 Å². The molecule has 5 aromatic rings. The van der Waals surface area contributed by atoms with E-state index in [1.807, 2.05) is 29.1 Å². The molecule has 28 heavy (non-hydrogen) atoms. The van der Waals surface area contributed by atoms with Crippen LogP contribution in [0.15, 0.2) is 73.2 Å². The molecule has 0 spiro atoms. The summed E-state index contributed by atoms with van der Waals surface area (Å²) in [7, 11) is 0. The molecule has 0 amide bonds. The van der Waals surface area contributed by atoms with E-state index in [1.165, 1.54) is 10.9 Å². The summed E-state index contributed by atoms with van der Waals surface area (Å²) >= 11 is 0. The minimum Gasteiger partial charge on any atom is -0.339 e. The van der Waals surface area contributed by atoms with Crippen molar-refractivity contribution >= 4 is 33.3 Å². The van der Waals surface area contributed by atoms with Crippen molar-refractivity contribution in [3.8, 4) is 5.69 Å². The van der Waals surface area contributed by atoms with Crippen molar-refractivity contribution in [2.24, 2.45) is 0 Å². The van der Waals surface area contributed by atoms with Gasteiger partial charge in [0.15, 0.2) is 5.65 Å². The lowest BCUT2D eigenvalue weighted by molar-refractivity contribution is 0.886. The van der Waals surface area contributed by atoms with Gasteiger partial charge in [0.05, 0.1) is 17.3 Å². The summed E-state index contributed by atoms with van der Waals surface area (Å²) in [4.78, 5) is 8.97. The zero-order valence-corrected chi connectivity index (χ0v) is 15.7. The Morgan fingerprint density at radius 3 is 2.61 bits per heavy atom. The van der Waals surface area contributed by atoms with Crippen LogP contribution >= 0.6 is 0 Å². The second kappa shape index (κ2) is 6.46. The van der Waals surface area contributed by atoms with E-state index >= 15 is 0 Å². The predicted octanol–water partition coefficient (Wildman–Crippen LogP) is 5.33. The van der Waals surface area contributed by atoms with Crippen molar-refractivity contribution in [2.75, 3.05) is 5.32 Å². The molecule has 0 aliphatic carbocycles. The molecule has 0 saturated heterocycles. The summed E-state index contributed by atoms with van der Waals surface area (Å²) in [5.74, 6) is 0.748. The standard InChI is InChI=1S/C23H19N5/c1-15-10-11-21(16(2)12-15)28-23-19(13-26-28)22(24-14-25-23)27-20-9-5-7-17-6-3-4-8-18(17)20/h3-14H,1-2H3,(H,24,25,27). The largest absolute Gasteiger partial charge is 0.339 e. The molecule has 0 bridgehead atoms. The van der Waals surface area contributed by atoms with Gasteiger partial charge in [0, 0.05) is 11.1 Å². The molecular weight excluding hydrogens is 346 g/mol. The highest BCUT2D eigenvalue weighted by Gasteiger charge is 2.13. The maximum atomic E-state index is 4.59. The van der Waals surface area contributed by atoms with Gasteiger partial charge in [0.2, 0.25) is 0 Å². The number of nitrogens with one attached hydrogen (secondary N) is 1. The third-order valence-corrected chi connectivity index (χ3v) is 4.99. The Morgan fingerprint density at radius 1 is 0.857 bits per heavy atom. The van der Waals surface area contributed by atoms with E-state index in [0.29, 0.717) is 0 Å². The van der Waals surface area contributed by atoms with Gasteiger partial charge in [-0.2, -0.15) is 5.10 Å². The molecule has 0 aliphatic rings. The summed E-state index contributed by atoms with van der Waals surface area (Å²) in [5.41, 5.74) is 5.20. The molecule has 0 unspecified atom stereocenters. The topological polar surface area (TPSA) is 55.6 Å². The van der Waals surface area contributed by atoms with Crippen molar-refractivity contribution in [1.29, 1.82) is 0 Å². The zero-order chi connectivity index (χ0) is 19.1. The van der Waals surface area contributed by atoms with Crippen LogP contribution in [0.5, 0.6) is 0 Å². The molecular formula is C23H19N5. The molecule has 3 aromatic carbocycles. The molecule has 2 heterocycles. The van der Waals surface area contributed by atoms with Crippen LogP contribution in [0.3, 0.4) is 0 Å².